The van der Waals surface area contributed by atoms with Crippen molar-refractivity contribution in [3.8, 4) is 0 Å². The number of hydrogen-bond acceptors (Lipinski definition) is 6. The lowest BCUT2D eigenvalue weighted by Crippen LogP contribution is -2.22. The first-order valence-electron chi connectivity index (χ1n) is 7.66. The number of ether oxygens (including phenoxy) is 1. The van der Waals surface area contributed by atoms with Crippen molar-refractivity contribution >= 4 is 45.5 Å². The van der Waals surface area contributed by atoms with E-state index in [9.17, 15) is 14.7 Å². The second kappa shape index (κ2) is 6.76. The molecule has 2 atom stereocenters. The van der Waals surface area contributed by atoms with Crippen LogP contribution in [-0.4, -0.2) is 43.5 Å². The van der Waals surface area contributed by atoms with Crippen LogP contribution >= 0.6 is 22.6 Å². The third-order valence-electron chi connectivity index (χ3n) is 3.85. The number of aliphatic hydroxyl groups excluding tert-OH is 1. The molecule has 0 aromatic carbocycles. The molecule has 1 fully saturated rings. The predicted molar refractivity (Wildman–Crippen MR) is 94.6 cm³/mol. The predicted octanol–water partition coefficient (Wildman–Crippen LogP) is 0.989. The smallest absolute Gasteiger partial charge is 0.264 e. The highest BCUT2D eigenvalue weighted by atomic mass is 127. The maximum Gasteiger partial charge on any atom is 0.264 e. The SMILES string of the molecule is CC(C)C(=O)Nc1nc2c(c(I)nn2[C@H]2CC[C@@H](CO)O2)c(=O)[nH]1. The van der Waals surface area contributed by atoms with Gasteiger partial charge in [0.15, 0.2) is 11.9 Å². The molecule has 1 aliphatic heterocycles. The summed E-state index contributed by atoms with van der Waals surface area (Å²) in [5, 5.41) is 16.5. The monoisotopic (exact) mass is 447 g/mol. The number of H-pyrrole nitrogens is 1. The van der Waals surface area contributed by atoms with E-state index in [1.54, 1.807) is 18.5 Å². The number of nitrogens with zero attached hydrogens (tertiary/aromatic N) is 3. The van der Waals surface area contributed by atoms with Gasteiger partial charge in [0, 0.05) is 5.92 Å². The van der Waals surface area contributed by atoms with Crippen molar-refractivity contribution in [2.45, 2.75) is 39.0 Å². The Kier molecular flexibility index (Phi) is 4.88. The Bertz CT molecular complexity index is 830. The highest BCUT2D eigenvalue weighted by Gasteiger charge is 2.29. The number of carbonyl (C=O) groups excluding carboxylic acids is 1. The Hall–Kier alpha value is -1.53. The summed E-state index contributed by atoms with van der Waals surface area (Å²) in [4.78, 5) is 31.1. The normalized spacial score (nSPS) is 20.9. The van der Waals surface area contributed by atoms with Crippen molar-refractivity contribution in [1.82, 2.24) is 19.7 Å². The highest BCUT2D eigenvalue weighted by Crippen LogP contribution is 2.30. The molecule has 9 nitrogen and oxygen atoms in total. The molecule has 24 heavy (non-hydrogen) atoms. The fourth-order valence-corrected chi connectivity index (χ4v) is 3.25. The van der Waals surface area contributed by atoms with E-state index in [2.05, 4.69) is 20.4 Å². The fourth-order valence-electron chi connectivity index (χ4n) is 2.53. The average molecular weight is 447 g/mol. The van der Waals surface area contributed by atoms with E-state index in [4.69, 9.17) is 4.74 Å². The van der Waals surface area contributed by atoms with Gasteiger partial charge in [-0.15, -0.1) is 0 Å². The van der Waals surface area contributed by atoms with Crippen LogP contribution in [0, 0.1) is 9.62 Å². The summed E-state index contributed by atoms with van der Waals surface area (Å²) in [6, 6.07) is 0. The van der Waals surface area contributed by atoms with Gasteiger partial charge < -0.3 is 9.84 Å². The molecular formula is C14H18IN5O4. The molecule has 3 N–H and O–H groups in total. The van der Waals surface area contributed by atoms with Crippen LogP contribution < -0.4 is 10.9 Å². The summed E-state index contributed by atoms with van der Waals surface area (Å²) >= 11 is 1.97. The van der Waals surface area contributed by atoms with Crippen LogP contribution in [0.2, 0.25) is 0 Å². The molecule has 10 heteroatoms. The van der Waals surface area contributed by atoms with Gasteiger partial charge in [0.1, 0.15) is 9.09 Å². The van der Waals surface area contributed by atoms with E-state index in [1.165, 1.54) is 0 Å². The molecule has 2 aromatic heterocycles. The van der Waals surface area contributed by atoms with E-state index in [0.29, 0.717) is 27.6 Å². The quantitative estimate of drug-likeness (QED) is 0.601. The summed E-state index contributed by atoms with van der Waals surface area (Å²) in [5.74, 6) is -0.393. The third kappa shape index (κ3) is 3.17. The molecule has 0 aliphatic carbocycles. The molecule has 3 heterocycles. The Morgan fingerprint density at radius 2 is 2.29 bits per heavy atom. The Morgan fingerprint density at radius 3 is 2.92 bits per heavy atom. The Labute approximate surface area is 150 Å². The van der Waals surface area contributed by atoms with Gasteiger partial charge in [-0.25, -0.2) is 4.68 Å². The van der Waals surface area contributed by atoms with Gasteiger partial charge in [0.05, 0.1) is 12.7 Å². The maximum absolute atomic E-state index is 12.3. The van der Waals surface area contributed by atoms with Crippen LogP contribution in [0.25, 0.3) is 11.0 Å². The molecule has 130 valence electrons. The van der Waals surface area contributed by atoms with Crippen molar-refractivity contribution in [3.63, 3.8) is 0 Å². The molecule has 0 spiro atoms. The largest absolute Gasteiger partial charge is 0.394 e. The number of aromatic nitrogens is 4. The molecule has 1 amide bonds. The number of amides is 1. The molecule has 3 rings (SSSR count). The number of anilines is 1. The number of aliphatic hydroxyl groups is 1. The number of halogens is 1. The van der Waals surface area contributed by atoms with Gasteiger partial charge in [0.25, 0.3) is 5.56 Å². The van der Waals surface area contributed by atoms with Crippen LogP contribution in [0.3, 0.4) is 0 Å². The summed E-state index contributed by atoms with van der Waals surface area (Å²) in [6.45, 7) is 3.44. The molecule has 0 saturated carbocycles. The Balaban J connectivity index is 2.03. The maximum atomic E-state index is 12.3. The van der Waals surface area contributed by atoms with Crippen LogP contribution in [0.1, 0.15) is 32.9 Å². The zero-order valence-electron chi connectivity index (χ0n) is 13.2. The van der Waals surface area contributed by atoms with E-state index in [1.807, 2.05) is 22.6 Å². The number of fused-ring (bicyclic) bond motifs is 1. The zero-order valence-corrected chi connectivity index (χ0v) is 15.4. The Morgan fingerprint density at radius 1 is 1.54 bits per heavy atom. The number of carbonyl (C=O) groups is 1. The molecule has 1 saturated heterocycles. The molecule has 1 aliphatic rings. The van der Waals surface area contributed by atoms with Crippen molar-refractivity contribution < 1.29 is 14.6 Å². The molecular weight excluding hydrogens is 429 g/mol. The summed E-state index contributed by atoms with van der Waals surface area (Å²) < 4.78 is 7.78. The molecule has 0 bridgehead atoms. The van der Waals surface area contributed by atoms with Gasteiger partial charge in [-0.2, -0.15) is 10.1 Å². The van der Waals surface area contributed by atoms with Crippen LogP contribution in [-0.2, 0) is 9.53 Å². The summed E-state index contributed by atoms with van der Waals surface area (Å²) in [5.41, 5.74) is -0.0165. The fraction of sp³-hybridized carbons (Fsp3) is 0.571. The minimum absolute atomic E-state index is 0.0590. The first-order valence-corrected chi connectivity index (χ1v) is 8.73. The second-order valence-electron chi connectivity index (χ2n) is 5.97. The topological polar surface area (TPSA) is 122 Å². The highest BCUT2D eigenvalue weighted by molar-refractivity contribution is 14.1. The molecule has 0 radical (unpaired) electrons. The molecule has 0 unspecified atom stereocenters. The number of hydrogen-bond donors (Lipinski definition) is 3. The van der Waals surface area contributed by atoms with Crippen molar-refractivity contribution in [3.05, 3.63) is 14.1 Å². The lowest BCUT2D eigenvalue weighted by molar-refractivity contribution is -0.118. The lowest BCUT2D eigenvalue weighted by Gasteiger charge is -2.13. The number of aromatic amines is 1. The van der Waals surface area contributed by atoms with Gasteiger partial charge in [-0.3, -0.25) is 19.9 Å². The van der Waals surface area contributed by atoms with Gasteiger partial charge in [-0.05, 0) is 35.4 Å². The first kappa shape index (κ1) is 17.3. The van der Waals surface area contributed by atoms with E-state index in [0.717, 1.165) is 0 Å². The minimum Gasteiger partial charge on any atom is -0.394 e. The average Bonchev–Trinajstić information content (AvgIpc) is 3.11. The van der Waals surface area contributed by atoms with Crippen molar-refractivity contribution in [1.29, 1.82) is 0 Å². The van der Waals surface area contributed by atoms with Gasteiger partial charge in [-0.1, -0.05) is 13.8 Å². The second-order valence-corrected chi connectivity index (χ2v) is 6.99. The third-order valence-corrected chi connectivity index (χ3v) is 4.60. The summed E-state index contributed by atoms with van der Waals surface area (Å²) in [6.07, 6.45) is 0.740. The van der Waals surface area contributed by atoms with Crippen LogP contribution in [0.5, 0.6) is 0 Å². The number of nitrogens with one attached hydrogen (secondary N) is 2. The van der Waals surface area contributed by atoms with Crippen LogP contribution in [0.4, 0.5) is 5.95 Å². The lowest BCUT2D eigenvalue weighted by atomic mass is 10.2. The van der Waals surface area contributed by atoms with E-state index >= 15 is 0 Å². The standard InChI is InChI=1S/C14H18IN5O4/c1-6(2)12(22)17-14-16-11-9(13(23)18-14)10(15)19-20(11)8-4-3-7(5-21)24-8/h6-8,21H,3-5H2,1-2H3,(H2,16,17,18,22,23)/t7-,8+/m0/s1. The van der Waals surface area contributed by atoms with Crippen molar-refractivity contribution in [2.24, 2.45) is 5.92 Å². The summed E-state index contributed by atoms with van der Waals surface area (Å²) in [7, 11) is 0. The van der Waals surface area contributed by atoms with Gasteiger partial charge >= 0.3 is 0 Å². The van der Waals surface area contributed by atoms with Crippen molar-refractivity contribution in [2.75, 3.05) is 11.9 Å². The molecule has 2 aromatic rings. The first-order chi connectivity index (χ1) is 11.4. The number of rotatable bonds is 4. The zero-order chi connectivity index (χ0) is 17.4. The van der Waals surface area contributed by atoms with E-state index in [-0.39, 0.29) is 36.0 Å². The van der Waals surface area contributed by atoms with Gasteiger partial charge in [0.2, 0.25) is 11.9 Å². The van der Waals surface area contributed by atoms with Crippen LogP contribution in [0.15, 0.2) is 4.79 Å². The minimum atomic E-state index is -0.392. The van der Waals surface area contributed by atoms with E-state index < -0.39 is 6.23 Å².